The third kappa shape index (κ3) is 4.31. The third-order valence-electron chi connectivity index (χ3n) is 5.87. The van der Waals surface area contributed by atoms with Crippen molar-refractivity contribution >= 4 is 5.69 Å². The van der Waals surface area contributed by atoms with Crippen molar-refractivity contribution in [2.45, 2.75) is 12.6 Å². The molecule has 1 atom stereocenters. The molecule has 4 aromatic rings. The van der Waals surface area contributed by atoms with E-state index in [1.165, 1.54) is 0 Å². The Morgan fingerprint density at radius 1 is 0.875 bits per heavy atom. The van der Waals surface area contributed by atoms with E-state index >= 15 is 0 Å². The molecule has 162 valence electrons. The minimum Gasteiger partial charge on any atom is -0.508 e. The van der Waals surface area contributed by atoms with Crippen molar-refractivity contribution < 1.29 is 5.11 Å². The van der Waals surface area contributed by atoms with Gasteiger partial charge in [-0.25, -0.2) is 4.68 Å². The topological polar surface area (TPSA) is 83.2 Å². The quantitative estimate of drug-likeness (QED) is 0.507. The summed E-state index contributed by atoms with van der Waals surface area (Å²) in [6.07, 6.45) is 3.69. The Kier molecular flexibility index (Phi) is 5.76. The van der Waals surface area contributed by atoms with Crippen LogP contribution in [0.1, 0.15) is 23.0 Å². The maximum absolute atomic E-state index is 9.58. The number of rotatable bonds is 6. The van der Waals surface area contributed by atoms with Gasteiger partial charge in [0.2, 0.25) is 0 Å². The number of anilines is 1. The van der Waals surface area contributed by atoms with Gasteiger partial charge in [-0.15, -0.1) is 5.10 Å². The average Bonchev–Trinajstić information content (AvgIpc) is 3.29. The highest BCUT2D eigenvalue weighted by molar-refractivity contribution is 5.49. The Morgan fingerprint density at radius 3 is 2.38 bits per heavy atom. The van der Waals surface area contributed by atoms with Crippen LogP contribution in [0.25, 0.3) is 0 Å². The van der Waals surface area contributed by atoms with E-state index in [0.717, 1.165) is 48.8 Å². The predicted molar refractivity (Wildman–Crippen MR) is 121 cm³/mol. The zero-order chi connectivity index (χ0) is 21.8. The Labute approximate surface area is 186 Å². The van der Waals surface area contributed by atoms with Gasteiger partial charge in [0.25, 0.3) is 0 Å². The second-order valence-electron chi connectivity index (χ2n) is 7.91. The number of phenols is 1. The first-order valence-electron chi connectivity index (χ1n) is 10.8. The molecule has 1 aliphatic rings. The van der Waals surface area contributed by atoms with Crippen molar-refractivity contribution in [1.29, 1.82) is 0 Å². The summed E-state index contributed by atoms with van der Waals surface area (Å²) in [6.45, 7) is 4.09. The van der Waals surface area contributed by atoms with Gasteiger partial charge in [-0.3, -0.25) is 9.88 Å². The van der Waals surface area contributed by atoms with E-state index in [4.69, 9.17) is 0 Å². The Morgan fingerprint density at radius 2 is 1.66 bits per heavy atom. The molecule has 1 fully saturated rings. The fourth-order valence-corrected chi connectivity index (χ4v) is 4.24. The molecule has 1 N–H and O–H groups in total. The molecule has 3 heterocycles. The van der Waals surface area contributed by atoms with Crippen molar-refractivity contribution in [3.63, 3.8) is 0 Å². The minimum absolute atomic E-state index is 0.0793. The summed E-state index contributed by atoms with van der Waals surface area (Å²) in [4.78, 5) is 9.11. The second kappa shape index (κ2) is 9.15. The highest BCUT2D eigenvalue weighted by atomic mass is 16.3. The van der Waals surface area contributed by atoms with Crippen LogP contribution in [-0.4, -0.2) is 61.4 Å². The first-order valence-corrected chi connectivity index (χ1v) is 10.8. The van der Waals surface area contributed by atoms with Crippen LogP contribution in [0, 0.1) is 0 Å². The van der Waals surface area contributed by atoms with Crippen LogP contribution in [0.2, 0.25) is 0 Å². The summed E-state index contributed by atoms with van der Waals surface area (Å²) in [6, 6.07) is 21.6. The van der Waals surface area contributed by atoms with Gasteiger partial charge in [-0.05, 0) is 51.9 Å². The van der Waals surface area contributed by atoms with Crippen molar-refractivity contribution in [3.05, 3.63) is 96.1 Å². The van der Waals surface area contributed by atoms with E-state index < -0.39 is 0 Å². The summed E-state index contributed by atoms with van der Waals surface area (Å²) in [5.41, 5.74) is 3.35. The lowest BCUT2D eigenvalue weighted by molar-refractivity contribution is 0.201. The van der Waals surface area contributed by atoms with Gasteiger partial charge in [-0.1, -0.05) is 36.4 Å². The lowest BCUT2D eigenvalue weighted by Gasteiger charge is -2.39. The molecule has 0 amide bonds. The van der Waals surface area contributed by atoms with E-state index in [1.807, 2.05) is 47.3 Å². The van der Waals surface area contributed by atoms with Crippen LogP contribution in [-0.2, 0) is 6.54 Å². The predicted octanol–water partition coefficient (Wildman–Crippen LogP) is 2.73. The maximum atomic E-state index is 9.58. The molecular formula is C24H25N7O. The van der Waals surface area contributed by atoms with Crippen LogP contribution in [0.3, 0.4) is 0 Å². The van der Waals surface area contributed by atoms with Crippen molar-refractivity contribution in [2.75, 3.05) is 31.1 Å². The average molecular weight is 428 g/mol. The number of tetrazole rings is 1. The molecule has 8 nitrogen and oxygen atoms in total. The highest BCUT2D eigenvalue weighted by Crippen LogP contribution is 2.29. The van der Waals surface area contributed by atoms with Gasteiger partial charge >= 0.3 is 0 Å². The van der Waals surface area contributed by atoms with E-state index in [0.29, 0.717) is 6.54 Å². The highest BCUT2D eigenvalue weighted by Gasteiger charge is 2.31. The SMILES string of the molecule is Oc1ccc(N2CCN([C@@H](c3cccnc3)c3nnnn3Cc3ccccc3)CC2)cc1. The van der Waals surface area contributed by atoms with E-state index in [-0.39, 0.29) is 11.8 Å². The smallest absolute Gasteiger partial charge is 0.173 e. The molecule has 0 radical (unpaired) electrons. The number of aromatic hydroxyl groups is 1. The lowest BCUT2D eigenvalue weighted by atomic mass is 10.0. The number of hydrogen-bond donors (Lipinski definition) is 1. The van der Waals surface area contributed by atoms with Crippen LogP contribution >= 0.6 is 0 Å². The van der Waals surface area contributed by atoms with Crippen LogP contribution in [0.4, 0.5) is 5.69 Å². The minimum atomic E-state index is -0.0793. The Hall–Kier alpha value is -3.78. The van der Waals surface area contributed by atoms with Gasteiger partial charge < -0.3 is 10.0 Å². The Balaban J connectivity index is 1.40. The largest absolute Gasteiger partial charge is 0.508 e. The lowest BCUT2D eigenvalue weighted by Crippen LogP contribution is -2.48. The van der Waals surface area contributed by atoms with Crippen molar-refractivity contribution in [1.82, 2.24) is 30.1 Å². The molecule has 32 heavy (non-hydrogen) atoms. The number of aromatic nitrogens is 5. The molecule has 5 rings (SSSR count). The number of phenolic OH excluding ortho intramolecular Hbond substituents is 1. The molecule has 1 aliphatic heterocycles. The molecule has 2 aromatic carbocycles. The summed E-state index contributed by atoms with van der Waals surface area (Å²) in [7, 11) is 0. The number of pyridine rings is 1. The summed E-state index contributed by atoms with van der Waals surface area (Å²) < 4.78 is 1.89. The molecule has 1 saturated heterocycles. The normalized spacial score (nSPS) is 15.6. The van der Waals surface area contributed by atoms with E-state index in [1.54, 1.807) is 18.3 Å². The van der Waals surface area contributed by atoms with Crippen molar-refractivity contribution in [2.24, 2.45) is 0 Å². The van der Waals surface area contributed by atoms with Gasteiger partial charge in [-0.2, -0.15) is 0 Å². The number of benzene rings is 2. The van der Waals surface area contributed by atoms with Gasteiger partial charge in [0, 0.05) is 44.3 Å². The fraction of sp³-hybridized carbons (Fsp3) is 0.250. The van der Waals surface area contributed by atoms with Crippen LogP contribution in [0.15, 0.2) is 79.1 Å². The van der Waals surface area contributed by atoms with Crippen LogP contribution < -0.4 is 4.90 Å². The first kappa shape index (κ1) is 20.1. The maximum Gasteiger partial charge on any atom is 0.173 e. The number of hydrogen-bond acceptors (Lipinski definition) is 7. The number of piperazine rings is 1. The zero-order valence-electron chi connectivity index (χ0n) is 17.7. The summed E-state index contributed by atoms with van der Waals surface area (Å²) in [5, 5.41) is 22.3. The monoisotopic (exact) mass is 427 g/mol. The molecule has 0 spiro atoms. The molecule has 2 aromatic heterocycles. The summed E-state index contributed by atoms with van der Waals surface area (Å²) in [5.74, 6) is 1.11. The van der Waals surface area contributed by atoms with E-state index in [9.17, 15) is 5.11 Å². The molecule has 0 unspecified atom stereocenters. The zero-order valence-corrected chi connectivity index (χ0v) is 17.7. The third-order valence-corrected chi connectivity index (χ3v) is 5.87. The van der Waals surface area contributed by atoms with Gasteiger partial charge in [0.1, 0.15) is 5.75 Å². The molecular weight excluding hydrogens is 402 g/mol. The standard InChI is InChI=1S/C24H25N7O/c32-22-10-8-21(9-11-22)29-13-15-30(16-14-29)23(20-7-4-12-25-17-20)24-26-27-28-31(24)18-19-5-2-1-3-6-19/h1-12,17,23,32H,13-16,18H2/t23-/m0/s1. The first-order chi connectivity index (χ1) is 15.8. The molecule has 0 bridgehead atoms. The fourth-order valence-electron chi connectivity index (χ4n) is 4.24. The Bertz CT molecular complexity index is 1120. The van der Waals surface area contributed by atoms with Crippen LogP contribution in [0.5, 0.6) is 5.75 Å². The van der Waals surface area contributed by atoms with Gasteiger partial charge in [0.15, 0.2) is 5.82 Å². The second-order valence-corrected chi connectivity index (χ2v) is 7.91. The molecule has 0 aliphatic carbocycles. The molecule has 8 heteroatoms. The van der Waals surface area contributed by atoms with E-state index in [2.05, 4.69) is 48.5 Å². The summed E-state index contributed by atoms with van der Waals surface area (Å²) >= 11 is 0. The van der Waals surface area contributed by atoms with Crippen molar-refractivity contribution in [3.8, 4) is 5.75 Å². The molecule has 0 saturated carbocycles. The van der Waals surface area contributed by atoms with Gasteiger partial charge in [0.05, 0.1) is 12.6 Å². The number of nitrogens with zero attached hydrogens (tertiary/aromatic N) is 7.